The Labute approximate surface area is 118 Å². The molecule has 0 aromatic heterocycles. The van der Waals surface area contributed by atoms with Gasteiger partial charge in [-0.05, 0) is 24.0 Å². The Balaban J connectivity index is 2.93. The predicted molar refractivity (Wildman–Crippen MR) is 76.5 cm³/mol. The monoisotopic (exact) mass is 301 g/mol. The van der Waals surface area contributed by atoms with E-state index in [1.165, 1.54) is 18.2 Å². The molecule has 0 spiro atoms. The first-order valence-electron chi connectivity index (χ1n) is 6.08. The van der Waals surface area contributed by atoms with Crippen molar-refractivity contribution < 1.29 is 23.4 Å². The normalized spacial score (nSPS) is 12.2. The Morgan fingerprint density at radius 2 is 1.90 bits per heavy atom. The van der Waals surface area contributed by atoms with Crippen LogP contribution in [-0.4, -0.2) is 30.4 Å². The van der Waals surface area contributed by atoms with Crippen LogP contribution < -0.4 is 4.72 Å². The zero-order valence-corrected chi connectivity index (χ0v) is 12.5. The van der Waals surface area contributed by atoms with E-state index in [2.05, 4.69) is 4.72 Å². The predicted octanol–water partition coefficient (Wildman–Crippen LogP) is 2.27. The molecule has 0 atom stereocenters. The van der Waals surface area contributed by atoms with Gasteiger partial charge in [0.15, 0.2) is 5.75 Å². The molecule has 0 bridgehead atoms. The molecular formula is C13H19NO5S. The van der Waals surface area contributed by atoms with Gasteiger partial charge >= 0.3 is 5.97 Å². The van der Waals surface area contributed by atoms with Crippen molar-refractivity contribution >= 4 is 21.7 Å². The summed E-state index contributed by atoms with van der Waals surface area (Å²) in [4.78, 5) is 10.9. The van der Waals surface area contributed by atoms with Gasteiger partial charge in [0.25, 0.3) is 0 Å². The number of hydrogen-bond donors (Lipinski definition) is 3. The number of benzene rings is 1. The van der Waals surface area contributed by atoms with Crippen molar-refractivity contribution in [2.75, 3.05) is 10.5 Å². The zero-order chi connectivity index (χ0) is 15.6. The molecule has 0 aliphatic carbocycles. The van der Waals surface area contributed by atoms with Gasteiger partial charge in [-0.15, -0.1) is 0 Å². The van der Waals surface area contributed by atoms with Crippen molar-refractivity contribution in [3.63, 3.8) is 0 Å². The van der Waals surface area contributed by atoms with Crippen LogP contribution in [0.5, 0.6) is 5.75 Å². The van der Waals surface area contributed by atoms with E-state index < -0.39 is 21.7 Å². The van der Waals surface area contributed by atoms with Gasteiger partial charge < -0.3 is 10.2 Å². The number of aromatic hydroxyl groups is 1. The molecule has 0 amide bonds. The van der Waals surface area contributed by atoms with Crippen LogP contribution in [0.4, 0.5) is 5.69 Å². The average molecular weight is 301 g/mol. The molecule has 0 saturated carbocycles. The molecular weight excluding hydrogens is 282 g/mol. The molecule has 1 rings (SSSR count). The van der Waals surface area contributed by atoms with Gasteiger partial charge in [0.05, 0.1) is 11.4 Å². The van der Waals surface area contributed by atoms with E-state index in [1.807, 2.05) is 20.8 Å². The highest BCUT2D eigenvalue weighted by Gasteiger charge is 2.20. The van der Waals surface area contributed by atoms with E-state index in [-0.39, 0.29) is 22.4 Å². The van der Waals surface area contributed by atoms with Crippen LogP contribution in [0.3, 0.4) is 0 Å². The lowest BCUT2D eigenvalue weighted by Gasteiger charge is -2.18. The molecule has 112 valence electrons. The topological polar surface area (TPSA) is 104 Å². The molecule has 0 heterocycles. The van der Waals surface area contributed by atoms with E-state index in [0.29, 0.717) is 6.42 Å². The molecule has 20 heavy (non-hydrogen) atoms. The van der Waals surface area contributed by atoms with Crippen LogP contribution in [0.2, 0.25) is 0 Å². The quantitative estimate of drug-likeness (QED) is 0.724. The average Bonchev–Trinajstić information content (AvgIpc) is 2.28. The molecule has 6 nitrogen and oxygen atoms in total. The van der Waals surface area contributed by atoms with Crippen molar-refractivity contribution in [3.05, 3.63) is 23.8 Å². The Morgan fingerprint density at radius 3 is 2.40 bits per heavy atom. The number of carbonyl (C=O) groups is 1. The maximum absolute atomic E-state index is 11.9. The molecule has 1 aromatic carbocycles. The first-order valence-corrected chi connectivity index (χ1v) is 7.73. The second kappa shape index (κ2) is 5.70. The molecule has 0 aliphatic heterocycles. The molecule has 1 aromatic rings. The van der Waals surface area contributed by atoms with E-state index in [9.17, 15) is 18.3 Å². The summed E-state index contributed by atoms with van der Waals surface area (Å²) in [6, 6.07) is 3.88. The van der Waals surface area contributed by atoms with Gasteiger partial charge in [-0.25, -0.2) is 13.2 Å². The van der Waals surface area contributed by atoms with Crippen molar-refractivity contribution in [1.29, 1.82) is 0 Å². The summed E-state index contributed by atoms with van der Waals surface area (Å²) in [6.07, 6.45) is 0.446. The minimum atomic E-state index is -3.64. The first-order chi connectivity index (χ1) is 9.02. The minimum absolute atomic E-state index is 0.104. The zero-order valence-electron chi connectivity index (χ0n) is 11.7. The standard InChI is InChI=1S/C13H19NO5S/c1-13(2,3)7-8-20(18,19)14-10-6-4-5-9(11(10)15)12(16)17/h4-6,14-15H,7-8H2,1-3H3,(H,16,17). The number of sulfonamides is 1. The second-order valence-electron chi connectivity index (χ2n) is 5.74. The van der Waals surface area contributed by atoms with Gasteiger partial charge in [-0.2, -0.15) is 0 Å². The van der Waals surface area contributed by atoms with Crippen LogP contribution >= 0.6 is 0 Å². The van der Waals surface area contributed by atoms with Crippen LogP contribution in [-0.2, 0) is 10.0 Å². The SMILES string of the molecule is CC(C)(C)CCS(=O)(=O)Nc1cccc(C(=O)O)c1O. The third-order valence-corrected chi connectivity index (χ3v) is 3.93. The third kappa shape index (κ3) is 4.73. The molecule has 3 N–H and O–H groups in total. The summed E-state index contributed by atoms with van der Waals surface area (Å²) in [6.45, 7) is 5.77. The molecule has 7 heteroatoms. The van der Waals surface area contributed by atoms with Crippen molar-refractivity contribution in [2.24, 2.45) is 5.41 Å². The maximum Gasteiger partial charge on any atom is 0.339 e. The number of aromatic carboxylic acids is 1. The van der Waals surface area contributed by atoms with Gasteiger partial charge in [0.1, 0.15) is 5.56 Å². The Morgan fingerprint density at radius 1 is 1.30 bits per heavy atom. The lowest BCUT2D eigenvalue weighted by atomic mass is 9.94. The Kier molecular flexibility index (Phi) is 4.65. The summed E-state index contributed by atoms with van der Waals surface area (Å²) in [5, 5.41) is 18.6. The maximum atomic E-state index is 11.9. The summed E-state index contributed by atoms with van der Waals surface area (Å²) >= 11 is 0. The number of carboxylic acids is 1. The summed E-state index contributed by atoms with van der Waals surface area (Å²) in [5.41, 5.74) is -0.612. The van der Waals surface area contributed by atoms with Gasteiger partial charge in [-0.1, -0.05) is 26.8 Å². The van der Waals surface area contributed by atoms with Gasteiger partial charge in [0.2, 0.25) is 10.0 Å². The second-order valence-corrected chi connectivity index (χ2v) is 7.58. The summed E-state index contributed by atoms with van der Waals surface area (Å²) in [5.74, 6) is -2.01. The number of hydrogen-bond acceptors (Lipinski definition) is 4. The number of nitrogens with one attached hydrogen (secondary N) is 1. The number of para-hydroxylation sites is 1. The van der Waals surface area contributed by atoms with E-state index in [0.717, 1.165) is 0 Å². The summed E-state index contributed by atoms with van der Waals surface area (Å²) < 4.78 is 26.0. The molecule has 0 radical (unpaired) electrons. The number of anilines is 1. The smallest absolute Gasteiger partial charge is 0.339 e. The third-order valence-electron chi connectivity index (χ3n) is 2.65. The fraction of sp³-hybridized carbons (Fsp3) is 0.462. The van der Waals surface area contributed by atoms with Crippen molar-refractivity contribution in [2.45, 2.75) is 27.2 Å². The van der Waals surface area contributed by atoms with Crippen LogP contribution in [0.15, 0.2) is 18.2 Å². The van der Waals surface area contributed by atoms with Crippen molar-refractivity contribution in [3.8, 4) is 5.75 Å². The number of phenols is 1. The number of carboxylic acid groups (broad SMARTS) is 1. The highest BCUT2D eigenvalue weighted by Crippen LogP contribution is 2.29. The van der Waals surface area contributed by atoms with E-state index in [4.69, 9.17) is 5.11 Å². The minimum Gasteiger partial charge on any atom is -0.505 e. The first kappa shape index (κ1) is 16.3. The summed E-state index contributed by atoms with van der Waals surface area (Å²) in [7, 11) is -3.64. The number of rotatable bonds is 5. The molecule has 0 unspecified atom stereocenters. The van der Waals surface area contributed by atoms with Crippen molar-refractivity contribution in [1.82, 2.24) is 0 Å². The van der Waals surface area contributed by atoms with Crippen LogP contribution in [0.25, 0.3) is 0 Å². The van der Waals surface area contributed by atoms with Crippen LogP contribution in [0.1, 0.15) is 37.6 Å². The fourth-order valence-corrected chi connectivity index (χ4v) is 2.94. The van der Waals surface area contributed by atoms with Gasteiger partial charge in [0, 0.05) is 0 Å². The lowest BCUT2D eigenvalue weighted by molar-refractivity contribution is 0.0694. The molecule has 0 aliphatic rings. The van der Waals surface area contributed by atoms with Crippen LogP contribution in [0, 0.1) is 5.41 Å². The lowest BCUT2D eigenvalue weighted by Crippen LogP contribution is -2.21. The Hall–Kier alpha value is -1.76. The highest BCUT2D eigenvalue weighted by atomic mass is 32.2. The van der Waals surface area contributed by atoms with E-state index in [1.54, 1.807) is 0 Å². The molecule has 0 saturated heterocycles. The van der Waals surface area contributed by atoms with E-state index >= 15 is 0 Å². The fourth-order valence-electron chi connectivity index (χ4n) is 1.46. The highest BCUT2D eigenvalue weighted by molar-refractivity contribution is 7.92. The Bertz CT molecular complexity index is 602. The largest absolute Gasteiger partial charge is 0.505 e. The molecule has 0 fully saturated rings. The van der Waals surface area contributed by atoms with Gasteiger partial charge in [-0.3, -0.25) is 4.72 Å².